The molecule has 0 heterocycles. The molecule has 0 saturated carbocycles. The Morgan fingerprint density at radius 1 is 0.274 bits per heavy atom. The lowest BCUT2D eigenvalue weighted by Gasteiger charge is -2.18. The van der Waals surface area contributed by atoms with Gasteiger partial charge in [0.1, 0.15) is 13.2 Å². The summed E-state index contributed by atoms with van der Waals surface area (Å²) >= 11 is 0. The summed E-state index contributed by atoms with van der Waals surface area (Å²) in [6, 6.07) is 0. The van der Waals surface area contributed by atoms with Gasteiger partial charge >= 0.3 is 17.9 Å². The normalized spacial score (nSPS) is 12.1. The van der Waals surface area contributed by atoms with Crippen molar-refractivity contribution in [1.29, 1.82) is 0 Å². The van der Waals surface area contributed by atoms with E-state index in [0.29, 0.717) is 19.3 Å². The molecular weight excluding hydrogens is 901 g/mol. The highest BCUT2D eigenvalue weighted by atomic mass is 16.6. The fourth-order valence-electron chi connectivity index (χ4n) is 10.0. The van der Waals surface area contributed by atoms with Gasteiger partial charge in [-0.05, 0) is 44.9 Å². The van der Waals surface area contributed by atoms with E-state index in [1.807, 2.05) is 0 Å². The lowest BCUT2D eigenvalue weighted by molar-refractivity contribution is -0.167. The van der Waals surface area contributed by atoms with E-state index < -0.39 is 6.10 Å². The number of rotatable bonds is 61. The van der Waals surface area contributed by atoms with Gasteiger partial charge in [-0.25, -0.2) is 0 Å². The SMILES string of the molecule is CCC/C=C\C/C=C\CCCCCCCC(=O)OCC(COC(=O)CCCCCCCCCCCCCCCCCCCCCCCCCC)OC(=O)CCCCCCCCCCCCCCCCCCCC. The van der Waals surface area contributed by atoms with Crippen molar-refractivity contribution in [2.45, 2.75) is 374 Å². The van der Waals surface area contributed by atoms with Crippen LogP contribution in [0.25, 0.3) is 0 Å². The lowest BCUT2D eigenvalue weighted by atomic mass is 10.0. The van der Waals surface area contributed by atoms with Crippen LogP contribution >= 0.6 is 0 Å². The number of carbonyl (C=O) groups excluding carboxylic acids is 3. The number of esters is 3. The number of unbranched alkanes of at least 4 members (excludes halogenated alkanes) is 46. The van der Waals surface area contributed by atoms with Crippen molar-refractivity contribution in [2.75, 3.05) is 13.2 Å². The highest BCUT2D eigenvalue weighted by Gasteiger charge is 2.19. The van der Waals surface area contributed by atoms with E-state index >= 15 is 0 Å². The number of carbonyl (C=O) groups is 3. The predicted molar refractivity (Wildman–Crippen MR) is 316 cm³/mol. The zero-order valence-corrected chi connectivity index (χ0v) is 49.4. The van der Waals surface area contributed by atoms with Gasteiger partial charge in [0.15, 0.2) is 6.10 Å². The number of hydrogen-bond acceptors (Lipinski definition) is 6. The average Bonchev–Trinajstić information content (AvgIpc) is 3.39. The summed E-state index contributed by atoms with van der Waals surface area (Å²) < 4.78 is 16.9. The molecule has 0 aromatic carbocycles. The highest BCUT2D eigenvalue weighted by Crippen LogP contribution is 2.18. The topological polar surface area (TPSA) is 78.9 Å². The minimum atomic E-state index is -0.773. The van der Waals surface area contributed by atoms with Crippen molar-refractivity contribution in [2.24, 2.45) is 0 Å². The van der Waals surface area contributed by atoms with Gasteiger partial charge in [0, 0.05) is 19.3 Å². The Kier molecular flexibility index (Phi) is 60.6. The summed E-state index contributed by atoms with van der Waals surface area (Å²) in [6.45, 7) is 6.64. The molecule has 0 aliphatic rings. The molecule has 6 heteroatoms. The Morgan fingerprint density at radius 3 is 0.808 bits per heavy atom. The molecule has 0 aliphatic heterocycles. The van der Waals surface area contributed by atoms with Crippen molar-refractivity contribution in [3.63, 3.8) is 0 Å². The first-order chi connectivity index (χ1) is 36.0. The largest absolute Gasteiger partial charge is 0.462 e. The van der Waals surface area contributed by atoms with E-state index in [-0.39, 0.29) is 31.1 Å². The van der Waals surface area contributed by atoms with Gasteiger partial charge in [0.05, 0.1) is 0 Å². The maximum absolute atomic E-state index is 12.9. The summed E-state index contributed by atoms with van der Waals surface area (Å²) in [5.41, 5.74) is 0. The molecule has 0 radical (unpaired) electrons. The lowest BCUT2D eigenvalue weighted by Crippen LogP contribution is -2.30. The number of allylic oxidation sites excluding steroid dienone is 4. The fraction of sp³-hybridized carbons (Fsp3) is 0.896. The monoisotopic (exact) mass is 1030 g/mol. The second-order valence-corrected chi connectivity index (χ2v) is 22.4. The summed E-state index contributed by atoms with van der Waals surface area (Å²) in [5.74, 6) is -0.856. The average molecular weight is 1030 g/mol. The molecule has 430 valence electrons. The van der Waals surface area contributed by atoms with Gasteiger partial charge < -0.3 is 14.2 Å². The first kappa shape index (κ1) is 70.9. The van der Waals surface area contributed by atoms with Crippen LogP contribution in [0.5, 0.6) is 0 Å². The molecule has 0 fully saturated rings. The number of hydrogen-bond donors (Lipinski definition) is 0. The van der Waals surface area contributed by atoms with Gasteiger partial charge in [0.25, 0.3) is 0 Å². The summed E-state index contributed by atoms with van der Waals surface area (Å²) in [5, 5.41) is 0. The van der Waals surface area contributed by atoms with Gasteiger partial charge in [-0.1, -0.05) is 328 Å². The van der Waals surface area contributed by atoms with Gasteiger partial charge in [0.2, 0.25) is 0 Å². The minimum Gasteiger partial charge on any atom is -0.462 e. The van der Waals surface area contributed by atoms with Crippen molar-refractivity contribution in [3.05, 3.63) is 24.3 Å². The third-order valence-corrected chi connectivity index (χ3v) is 14.9. The molecular formula is C67H126O6. The molecule has 73 heavy (non-hydrogen) atoms. The Bertz CT molecular complexity index is 1180. The summed E-state index contributed by atoms with van der Waals surface area (Å²) in [6.07, 6.45) is 74.8. The van der Waals surface area contributed by atoms with Crippen LogP contribution in [0.2, 0.25) is 0 Å². The Balaban J connectivity index is 4.23. The maximum atomic E-state index is 12.9. The molecule has 1 atom stereocenters. The fourth-order valence-corrected chi connectivity index (χ4v) is 10.0. The van der Waals surface area contributed by atoms with Crippen molar-refractivity contribution in [3.8, 4) is 0 Å². The maximum Gasteiger partial charge on any atom is 0.306 e. The molecule has 0 bridgehead atoms. The number of ether oxygens (including phenoxy) is 3. The van der Waals surface area contributed by atoms with Gasteiger partial charge in [-0.2, -0.15) is 0 Å². The predicted octanol–water partition coefficient (Wildman–Crippen LogP) is 22.2. The molecule has 0 aromatic heterocycles. The Morgan fingerprint density at radius 2 is 0.521 bits per heavy atom. The molecule has 0 rings (SSSR count). The Labute approximate surface area is 455 Å². The van der Waals surface area contributed by atoms with E-state index in [9.17, 15) is 14.4 Å². The first-order valence-electron chi connectivity index (χ1n) is 32.8. The van der Waals surface area contributed by atoms with E-state index in [2.05, 4.69) is 45.1 Å². The quantitative estimate of drug-likeness (QED) is 0.0261. The smallest absolute Gasteiger partial charge is 0.306 e. The molecule has 0 aromatic rings. The van der Waals surface area contributed by atoms with Crippen LogP contribution in [0.3, 0.4) is 0 Å². The van der Waals surface area contributed by atoms with Crippen molar-refractivity contribution in [1.82, 2.24) is 0 Å². The van der Waals surface area contributed by atoms with Crippen molar-refractivity contribution >= 4 is 17.9 Å². The highest BCUT2D eigenvalue weighted by molar-refractivity contribution is 5.71. The van der Waals surface area contributed by atoms with Crippen molar-refractivity contribution < 1.29 is 28.6 Å². The third-order valence-electron chi connectivity index (χ3n) is 14.9. The zero-order valence-electron chi connectivity index (χ0n) is 49.4. The van der Waals surface area contributed by atoms with E-state index in [0.717, 1.165) is 83.5 Å². The van der Waals surface area contributed by atoms with E-state index in [4.69, 9.17) is 14.2 Å². The van der Waals surface area contributed by atoms with Crippen LogP contribution in [0.4, 0.5) is 0 Å². The van der Waals surface area contributed by atoms with E-state index in [1.54, 1.807) is 0 Å². The molecule has 0 amide bonds. The van der Waals surface area contributed by atoms with Crippen LogP contribution in [0.1, 0.15) is 367 Å². The second-order valence-electron chi connectivity index (χ2n) is 22.4. The molecule has 0 saturated heterocycles. The molecule has 1 unspecified atom stereocenters. The van der Waals surface area contributed by atoms with E-state index in [1.165, 1.54) is 244 Å². The van der Waals surface area contributed by atoms with Crippen LogP contribution in [0.15, 0.2) is 24.3 Å². The van der Waals surface area contributed by atoms with Gasteiger partial charge in [-0.3, -0.25) is 14.4 Å². The molecule has 0 spiro atoms. The summed E-state index contributed by atoms with van der Waals surface area (Å²) in [7, 11) is 0. The minimum absolute atomic E-state index is 0.0696. The van der Waals surface area contributed by atoms with Crippen LogP contribution in [-0.4, -0.2) is 37.2 Å². The molecule has 0 aliphatic carbocycles. The van der Waals surface area contributed by atoms with Crippen LogP contribution in [0, 0.1) is 0 Å². The van der Waals surface area contributed by atoms with Crippen LogP contribution < -0.4 is 0 Å². The molecule has 0 N–H and O–H groups in total. The second kappa shape index (κ2) is 62.4. The zero-order chi connectivity index (χ0) is 52.9. The first-order valence-corrected chi connectivity index (χ1v) is 32.8. The van der Waals surface area contributed by atoms with Gasteiger partial charge in [-0.15, -0.1) is 0 Å². The Hall–Kier alpha value is -2.11. The standard InChI is InChI=1S/C67H126O6/c1-4-7-10-13-16-19-22-25-27-29-31-32-33-34-35-36-38-39-42-45-48-51-54-57-60-66(69)72-63-64(62-71-65(68)59-56-53-50-47-44-41-24-21-18-15-12-9-6-3)73-67(70)61-58-55-52-49-46-43-40-37-30-28-26-23-20-17-14-11-8-5-2/h12,15,21,24,64H,4-11,13-14,16-20,22-23,25-63H2,1-3H3/b15-12-,24-21-. The van der Waals surface area contributed by atoms with Crippen LogP contribution in [-0.2, 0) is 28.6 Å². The molecule has 6 nitrogen and oxygen atoms in total. The summed E-state index contributed by atoms with van der Waals surface area (Å²) in [4.78, 5) is 38.3. The third kappa shape index (κ3) is 60.6.